The van der Waals surface area contributed by atoms with Gasteiger partial charge in [-0.3, -0.25) is 0 Å². The zero-order valence-electron chi connectivity index (χ0n) is 9.86. The summed E-state index contributed by atoms with van der Waals surface area (Å²) in [5, 5.41) is 9.87. The molecule has 3 atom stereocenters. The quantitative estimate of drug-likeness (QED) is 0.787. The van der Waals surface area contributed by atoms with Crippen LogP contribution in [-0.2, 0) is 0 Å². The maximum absolute atomic E-state index is 9.87. The first kappa shape index (κ1) is 11.3. The molecule has 2 nitrogen and oxygen atoms in total. The van der Waals surface area contributed by atoms with Crippen molar-refractivity contribution < 1.29 is 9.52 Å². The number of hydrogen-bond acceptors (Lipinski definition) is 2. The first-order chi connectivity index (χ1) is 7.72. The van der Waals surface area contributed by atoms with Crippen molar-refractivity contribution in [3.8, 4) is 11.8 Å². The molecule has 0 aliphatic heterocycles. The molecule has 86 valence electrons. The van der Waals surface area contributed by atoms with Crippen molar-refractivity contribution in [2.75, 3.05) is 0 Å². The smallest absolute Gasteiger partial charge is 0.132 e. The van der Waals surface area contributed by atoms with Gasteiger partial charge in [0.05, 0.1) is 0 Å². The van der Waals surface area contributed by atoms with Gasteiger partial charge in [0.2, 0.25) is 0 Å². The molecule has 1 aromatic rings. The van der Waals surface area contributed by atoms with E-state index in [0.29, 0.717) is 24.5 Å². The van der Waals surface area contributed by atoms with Crippen LogP contribution in [0.3, 0.4) is 0 Å². The minimum absolute atomic E-state index is 0.511. The molecule has 0 aromatic carbocycles. The molecule has 1 saturated carbocycles. The normalized spacial score (nSPS) is 24.7. The molecule has 2 heteroatoms. The van der Waals surface area contributed by atoms with Gasteiger partial charge >= 0.3 is 0 Å². The molecule has 3 unspecified atom stereocenters. The maximum Gasteiger partial charge on any atom is 0.132 e. The van der Waals surface area contributed by atoms with Crippen molar-refractivity contribution in [3.05, 3.63) is 23.7 Å². The summed E-state index contributed by atoms with van der Waals surface area (Å²) >= 11 is 0. The lowest BCUT2D eigenvalue weighted by Gasteiger charge is -2.04. The third kappa shape index (κ3) is 2.48. The SMILES string of the molecule is CC#CCCC(O)c1ccc(C2CC2C)o1. The zero-order chi connectivity index (χ0) is 11.5. The zero-order valence-corrected chi connectivity index (χ0v) is 9.86. The fourth-order valence-corrected chi connectivity index (χ4v) is 1.94. The van der Waals surface area contributed by atoms with Gasteiger partial charge in [-0.05, 0) is 37.8 Å². The highest BCUT2D eigenvalue weighted by Gasteiger charge is 2.36. The number of hydrogen-bond donors (Lipinski definition) is 1. The first-order valence-corrected chi connectivity index (χ1v) is 5.89. The van der Waals surface area contributed by atoms with E-state index in [4.69, 9.17) is 4.42 Å². The molecule has 0 saturated heterocycles. The lowest BCUT2D eigenvalue weighted by Crippen LogP contribution is -1.94. The van der Waals surface area contributed by atoms with E-state index in [2.05, 4.69) is 18.8 Å². The van der Waals surface area contributed by atoms with Crippen LogP contribution in [0.4, 0.5) is 0 Å². The van der Waals surface area contributed by atoms with E-state index < -0.39 is 6.10 Å². The highest BCUT2D eigenvalue weighted by Crippen LogP contribution is 2.47. The molecule has 0 radical (unpaired) electrons. The van der Waals surface area contributed by atoms with Gasteiger partial charge in [-0.15, -0.1) is 11.8 Å². The van der Waals surface area contributed by atoms with Gasteiger partial charge in [0, 0.05) is 12.3 Å². The summed E-state index contributed by atoms with van der Waals surface area (Å²) in [6.45, 7) is 4.03. The van der Waals surface area contributed by atoms with Crippen LogP contribution in [0.2, 0.25) is 0 Å². The minimum Gasteiger partial charge on any atom is -0.463 e. The van der Waals surface area contributed by atoms with Crippen LogP contribution < -0.4 is 0 Å². The Bertz CT molecular complexity index is 408. The van der Waals surface area contributed by atoms with Gasteiger partial charge in [0.25, 0.3) is 0 Å². The molecule has 1 aliphatic rings. The third-order valence-electron chi connectivity index (χ3n) is 3.17. The van der Waals surface area contributed by atoms with Gasteiger partial charge < -0.3 is 9.52 Å². The molecule has 16 heavy (non-hydrogen) atoms. The standard InChI is InChI=1S/C14H18O2/c1-3-4-5-6-12(15)14-8-7-13(16-14)11-9-10(11)2/h7-8,10-12,15H,5-6,9H2,1-2H3. The Balaban J connectivity index is 1.92. The summed E-state index contributed by atoms with van der Waals surface area (Å²) in [4.78, 5) is 0. The predicted molar refractivity (Wildman–Crippen MR) is 62.9 cm³/mol. The highest BCUT2D eigenvalue weighted by atomic mass is 16.4. The molecule has 2 rings (SSSR count). The second-order valence-corrected chi connectivity index (χ2v) is 4.54. The van der Waals surface area contributed by atoms with E-state index in [-0.39, 0.29) is 0 Å². The number of rotatable bonds is 4. The van der Waals surface area contributed by atoms with Gasteiger partial charge in [-0.2, -0.15) is 0 Å². The summed E-state index contributed by atoms with van der Waals surface area (Å²) in [6.07, 6.45) is 2.06. The van der Waals surface area contributed by atoms with Crippen LogP contribution in [0.5, 0.6) is 0 Å². The second kappa shape index (κ2) is 4.76. The summed E-state index contributed by atoms with van der Waals surface area (Å²) in [7, 11) is 0. The first-order valence-electron chi connectivity index (χ1n) is 5.89. The molecule has 0 amide bonds. The summed E-state index contributed by atoms with van der Waals surface area (Å²) in [5.74, 6) is 8.80. The molecular weight excluding hydrogens is 200 g/mol. The molecular formula is C14H18O2. The Morgan fingerprint density at radius 1 is 1.56 bits per heavy atom. The molecule has 0 bridgehead atoms. The van der Waals surface area contributed by atoms with E-state index in [0.717, 1.165) is 11.7 Å². The molecule has 1 heterocycles. The van der Waals surface area contributed by atoms with Crippen molar-refractivity contribution in [3.63, 3.8) is 0 Å². The topological polar surface area (TPSA) is 33.4 Å². The predicted octanol–water partition coefficient (Wildman–Crippen LogP) is 3.24. The molecule has 1 aromatic heterocycles. The Morgan fingerprint density at radius 2 is 2.31 bits per heavy atom. The number of aliphatic hydroxyl groups excluding tert-OH is 1. The lowest BCUT2D eigenvalue weighted by molar-refractivity contribution is 0.140. The molecule has 1 N–H and O–H groups in total. The van der Waals surface area contributed by atoms with Crippen LogP contribution in [0.1, 0.15) is 56.7 Å². The second-order valence-electron chi connectivity index (χ2n) is 4.54. The van der Waals surface area contributed by atoms with Crippen molar-refractivity contribution in [2.45, 2.75) is 45.1 Å². The van der Waals surface area contributed by atoms with Gasteiger partial charge in [0.1, 0.15) is 17.6 Å². The monoisotopic (exact) mass is 218 g/mol. The van der Waals surface area contributed by atoms with E-state index in [9.17, 15) is 5.11 Å². The Labute approximate surface area is 96.7 Å². The molecule has 0 spiro atoms. The molecule has 1 aliphatic carbocycles. The van der Waals surface area contributed by atoms with Gasteiger partial charge in [0.15, 0.2) is 0 Å². The Hall–Kier alpha value is -1.20. The minimum atomic E-state index is -0.511. The summed E-state index contributed by atoms with van der Waals surface area (Å²) < 4.78 is 5.67. The fraction of sp³-hybridized carbons (Fsp3) is 0.571. The number of aliphatic hydroxyl groups is 1. The fourth-order valence-electron chi connectivity index (χ4n) is 1.94. The van der Waals surface area contributed by atoms with E-state index in [1.165, 1.54) is 6.42 Å². The van der Waals surface area contributed by atoms with Crippen LogP contribution in [0, 0.1) is 17.8 Å². The summed E-state index contributed by atoms with van der Waals surface area (Å²) in [6, 6.07) is 3.89. The van der Waals surface area contributed by atoms with Crippen LogP contribution in [0.15, 0.2) is 16.5 Å². The average Bonchev–Trinajstić information content (AvgIpc) is 2.82. The third-order valence-corrected chi connectivity index (χ3v) is 3.17. The van der Waals surface area contributed by atoms with Gasteiger partial charge in [-0.1, -0.05) is 6.92 Å². The van der Waals surface area contributed by atoms with E-state index in [1.807, 2.05) is 19.1 Å². The lowest BCUT2D eigenvalue weighted by atomic mass is 10.1. The van der Waals surface area contributed by atoms with Crippen LogP contribution >= 0.6 is 0 Å². The Morgan fingerprint density at radius 3 is 2.94 bits per heavy atom. The molecule has 1 fully saturated rings. The Kier molecular flexibility index (Phi) is 3.36. The van der Waals surface area contributed by atoms with Crippen molar-refractivity contribution in [2.24, 2.45) is 5.92 Å². The van der Waals surface area contributed by atoms with Crippen LogP contribution in [0.25, 0.3) is 0 Å². The largest absolute Gasteiger partial charge is 0.463 e. The number of furan rings is 1. The maximum atomic E-state index is 9.87. The highest BCUT2D eigenvalue weighted by molar-refractivity contribution is 5.18. The average molecular weight is 218 g/mol. The van der Waals surface area contributed by atoms with Crippen LogP contribution in [-0.4, -0.2) is 5.11 Å². The van der Waals surface area contributed by atoms with E-state index in [1.54, 1.807) is 0 Å². The van der Waals surface area contributed by atoms with Crippen molar-refractivity contribution >= 4 is 0 Å². The van der Waals surface area contributed by atoms with Crippen molar-refractivity contribution in [1.29, 1.82) is 0 Å². The van der Waals surface area contributed by atoms with Gasteiger partial charge in [-0.25, -0.2) is 0 Å². The summed E-state index contributed by atoms with van der Waals surface area (Å²) in [5.41, 5.74) is 0. The van der Waals surface area contributed by atoms with Crippen molar-refractivity contribution in [1.82, 2.24) is 0 Å². The van der Waals surface area contributed by atoms with E-state index >= 15 is 0 Å².